The van der Waals surface area contributed by atoms with Crippen LogP contribution in [-0.2, 0) is 0 Å². The van der Waals surface area contributed by atoms with Crippen LogP contribution in [0.4, 0.5) is 4.39 Å². The number of hydrogen-bond donors (Lipinski definition) is 0. The average Bonchev–Trinajstić information content (AvgIpc) is 2.09. The van der Waals surface area contributed by atoms with E-state index in [-0.39, 0.29) is 16.4 Å². The number of carbonyl (C=O) groups excluding carboxylic acids is 1. The molecule has 0 amide bonds. The Balaban J connectivity index is 3.33. The van der Waals surface area contributed by atoms with Crippen LogP contribution in [0.2, 0.25) is 5.02 Å². The standard InChI is InChI=1S/C9H8ClFOS/c1-5(12)7-3-6(13-2)4-8(10)9(7)11/h3-4H,1-2H3. The van der Waals surface area contributed by atoms with Crippen molar-refractivity contribution in [2.75, 3.05) is 6.26 Å². The van der Waals surface area contributed by atoms with Gasteiger partial charge in [-0.25, -0.2) is 4.39 Å². The van der Waals surface area contributed by atoms with Gasteiger partial charge in [0.25, 0.3) is 0 Å². The molecule has 0 unspecified atom stereocenters. The van der Waals surface area contributed by atoms with Crippen LogP contribution in [0, 0.1) is 5.82 Å². The van der Waals surface area contributed by atoms with E-state index in [1.54, 1.807) is 0 Å². The van der Waals surface area contributed by atoms with Crippen LogP contribution in [0.25, 0.3) is 0 Å². The minimum Gasteiger partial charge on any atom is -0.294 e. The summed E-state index contributed by atoms with van der Waals surface area (Å²) in [6.45, 7) is 1.32. The van der Waals surface area contributed by atoms with Gasteiger partial charge in [0.05, 0.1) is 10.6 Å². The van der Waals surface area contributed by atoms with E-state index in [0.29, 0.717) is 0 Å². The minimum absolute atomic E-state index is 0.00273. The highest BCUT2D eigenvalue weighted by Gasteiger charge is 2.12. The summed E-state index contributed by atoms with van der Waals surface area (Å²) < 4.78 is 13.2. The van der Waals surface area contributed by atoms with Crippen molar-refractivity contribution in [3.8, 4) is 0 Å². The molecule has 0 radical (unpaired) electrons. The van der Waals surface area contributed by atoms with Crippen LogP contribution in [0.3, 0.4) is 0 Å². The first-order chi connectivity index (χ1) is 6.06. The van der Waals surface area contributed by atoms with Gasteiger partial charge in [0.2, 0.25) is 0 Å². The Labute approximate surface area is 85.3 Å². The number of benzene rings is 1. The molecule has 0 fully saturated rings. The molecular weight excluding hydrogens is 211 g/mol. The second kappa shape index (κ2) is 4.11. The summed E-state index contributed by atoms with van der Waals surface area (Å²) in [6, 6.07) is 3.02. The van der Waals surface area contributed by atoms with Gasteiger partial charge in [-0.15, -0.1) is 11.8 Å². The van der Waals surface area contributed by atoms with Crippen LogP contribution in [0.5, 0.6) is 0 Å². The summed E-state index contributed by atoms with van der Waals surface area (Å²) in [7, 11) is 0. The second-order valence-corrected chi connectivity index (χ2v) is 3.81. The van der Waals surface area contributed by atoms with Gasteiger partial charge < -0.3 is 0 Å². The van der Waals surface area contributed by atoms with E-state index in [0.717, 1.165) is 4.90 Å². The molecule has 0 N–H and O–H groups in total. The van der Waals surface area contributed by atoms with Crippen molar-refractivity contribution in [2.45, 2.75) is 11.8 Å². The van der Waals surface area contributed by atoms with Crippen molar-refractivity contribution < 1.29 is 9.18 Å². The lowest BCUT2D eigenvalue weighted by atomic mass is 10.1. The third-order valence-corrected chi connectivity index (χ3v) is 2.60. The summed E-state index contributed by atoms with van der Waals surface area (Å²) in [5, 5.41) is -0.00273. The van der Waals surface area contributed by atoms with Gasteiger partial charge in [-0.2, -0.15) is 0 Å². The third kappa shape index (κ3) is 2.23. The van der Waals surface area contributed by atoms with Crippen LogP contribution in [0.15, 0.2) is 17.0 Å². The lowest BCUT2D eigenvalue weighted by Crippen LogP contribution is -1.98. The number of halogens is 2. The molecular formula is C9H8ClFOS. The topological polar surface area (TPSA) is 17.1 Å². The number of hydrogen-bond acceptors (Lipinski definition) is 2. The molecule has 0 bridgehead atoms. The molecule has 0 aliphatic rings. The number of ketones is 1. The van der Waals surface area contributed by atoms with Crippen molar-refractivity contribution in [3.05, 3.63) is 28.5 Å². The van der Waals surface area contributed by atoms with Crippen LogP contribution in [0.1, 0.15) is 17.3 Å². The van der Waals surface area contributed by atoms with Gasteiger partial charge in [-0.3, -0.25) is 4.79 Å². The molecule has 0 saturated heterocycles. The highest BCUT2D eigenvalue weighted by molar-refractivity contribution is 7.98. The molecule has 1 aromatic rings. The van der Waals surface area contributed by atoms with Crippen molar-refractivity contribution in [1.82, 2.24) is 0 Å². The van der Waals surface area contributed by atoms with Gasteiger partial charge in [0.1, 0.15) is 0 Å². The summed E-state index contributed by atoms with van der Waals surface area (Å²) in [5.41, 5.74) is 0.0526. The number of Topliss-reactive ketones (excluding diaryl/α,β-unsaturated/α-hetero) is 1. The molecule has 1 nitrogen and oxygen atoms in total. The fraction of sp³-hybridized carbons (Fsp3) is 0.222. The molecule has 0 aromatic heterocycles. The maximum Gasteiger partial charge on any atom is 0.162 e. The SMILES string of the molecule is CSc1cc(Cl)c(F)c(C(C)=O)c1. The van der Waals surface area contributed by atoms with E-state index in [1.165, 1.54) is 30.8 Å². The Bertz CT molecular complexity index is 352. The van der Waals surface area contributed by atoms with Crippen molar-refractivity contribution >= 4 is 29.1 Å². The molecule has 0 aliphatic heterocycles. The number of rotatable bonds is 2. The smallest absolute Gasteiger partial charge is 0.162 e. The van der Waals surface area contributed by atoms with Gasteiger partial charge in [0, 0.05) is 4.90 Å². The Morgan fingerprint density at radius 1 is 1.54 bits per heavy atom. The van der Waals surface area contributed by atoms with Crippen LogP contribution >= 0.6 is 23.4 Å². The molecule has 0 heterocycles. The van der Waals surface area contributed by atoms with Crippen molar-refractivity contribution in [2.24, 2.45) is 0 Å². The number of thioether (sulfide) groups is 1. The summed E-state index contributed by atoms with van der Waals surface area (Å²) in [5.74, 6) is -0.942. The van der Waals surface area contributed by atoms with Gasteiger partial charge in [0.15, 0.2) is 11.6 Å². The largest absolute Gasteiger partial charge is 0.294 e. The molecule has 0 atom stereocenters. The van der Waals surface area contributed by atoms with Gasteiger partial charge in [-0.1, -0.05) is 11.6 Å². The minimum atomic E-state index is -0.632. The Morgan fingerprint density at radius 2 is 2.15 bits per heavy atom. The maximum absolute atomic E-state index is 13.2. The van der Waals surface area contributed by atoms with Gasteiger partial charge >= 0.3 is 0 Å². The summed E-state index contributed by atoms with van der Waals surface area (Å²) in [4.78, 5) is 11.8. The van der Waals surface area contributed by atoms with E-state index in [2.05, 4.69) is 0 Å². The first-order valence-electron chi connectivity index (χ1n) is 3.60. The maximum atomic E-state index is 13.2. The fourth-order valence-corrected chi connectivity index (χ4v) is 1.69. The molecule has 1 rings (SSSR count). The predicted octanol–water partition coefficient (Wildman–Crippen LogP) is 3.40. The Kier molecular flexibility index (Phi) is 3.33. The third-order valence-electron chi connectivity index (χ3n) is 1.62. The van der Waals surface area contributed by atoms with E-state index >= 15 is 0 Å². The normalized spacial score (nSPS) is 10.2. The van der Waals surface area contributed by atoms with E-state index in [4.69, 9.17) is 11.6 Å². The zero-order valence-corrected chi connectivity index (χ0v) is 8.80. The van der Waals surface area contributed by atoms with Gasteiger partial charge in [-0.05, 0) is 25.3 Å². The molecule has 0 saturated carbocycles. The lowest BCUT2D eigenvalue weighted by Gasteiger charge is -2.03. The molecule has 0 aliphatic carbocycles. The van der Waals surface area contributed by atoms with E-state index in [1.807, 2.05) is 6.26 Å². The summed E-state index contributed by atoms with van der Waals surface area (Å²) in [6.07, 6.45) is 1.84. The monoisotopic (exact) mass is 218 g/mol. The highest BCUT2D eigenvalue weighted by Crippen LogP contribution is 2.26. The highest BCUT2D eigenvalue weighted by atomic mass is 35.5. The zero-order valence-electron chi connectivity index (χ0n) is 7.23. The fourth-order valence-electron chi connectivity index (χ4n) is 0.938. The molecule has 70 valence electrons. The van der Waals surface area contributed by atoms with Crippen molar-refractivity contribution in [1.29, 1.82) is 0 Å². The molecule has 1 aromatic carbocycles. The first-order valence-corrected chi connectivity index (χ1v) is 5.20. The van der Waals surface area contributed by atoms with E-state index in [9.17, 15) is 9.18 Å². The predicted molar refractivity (Wildman–Crippen MR) is 53.2 cm³/mol. The zero-order chi connectivity index (χ0) is 10.0. The Hall–Kier alpha value is -0.540. The molecule has 4 heteroatoms. The Morgan fingerprint density at radius 3 is 2.62 bits per heavy atom. The van der Waals surface area contributed by atoms with Crippen molar-refractivity contribution in [3.63, 3.8) is 0 Å². The quantitative estimate of drug-likeness (QED) is 0.559. The summed E-state index contributed by atoms with van der Waals surface area (Å²) >= 11 is 7.02. The number of carbonyl (C=O) groups is 1. The first kappa shape index (κ1) is 10.5. The van der Waals surface area contributed by atoms with E-state index < -0.39 is 5.82 Å². The average molecular weight is 219 g/mol. The van der Waals surface area contributed by atoms with Crippen LogP contribution in [-0.4, -0.2) is 12.0 Å². The molecule has 0 spiro atoms. The molecule has 13 heavy (non-hydrogen) atoms. The second-order valence-electron chi connectivity index (χ2n) is 2.53. The lowest BCUT2D eigenvalue weighted by molar-refractivity contribution is 0.101. The van der Waals surface area contributed by atoms with Crippen LogP contribution < -0.4 is 0 Å².